The van der Waals surface area contributed by atoms with Crippen LogP contribution in [0.3, 0.4) is 0 Å². The van der Waals surface area contributed by atoms with E-state index in [-0.39, 0.29) is 11.5 Å². The van der Waals surface area contributed by atoms with Crippen molar-refractivity contribution in [3.05, 3.63) is 60.4 Å². The second-order valence-electron chi connectivity index (χ2n) is 4.35. The number of pyridine rings is 1. The Morgan fingerprint density at radius 1 is 0.950 bits per heavy atom. The lowest BCUT2D eigenvalue weighted by Crippen LogP contribution is -1.81. The summed E-state index contributed by atoms with van der Waals surface area (Å²) in [6.45, 7) is 0. The Morgan fingerprint density at radius 2 is 1.65 bits per heavy atom. The van der Waals surface area contributed by atoms with Gasteiger partial charge < -0.3 is 10.2 Å². The van der Waals surface area contributed by atoms with Crippen LogP contribution >= 0.6 is 0 Å². The monoisotopic (exact) mass is 264 g/mol. The first kappa shape index (κ1) is 12.2. The number of nitrogens with zero attached hydrogens (tertiary/aromatic N) is 2. The first-order chi connectivity index (χ1) is 9.75. The molecule has 98 valence electrons. The van der Waals surface area contributed by atoms with Crippen LogP contribution in [0.4, 0.5) is 5.69 Å². The zero-order valence-corrected chi connectivity index (χ0v) is 10.6. The average molecular weight is 264 g/mol. The molecule has 0 atom stereocenters. The summed E-state index contributed by atoms with van der Waals surface area (Å²) < 4.78 is 0. The second kappa shape index (κ2) is 5.01. The summed E-state index contributed by atoms with van der Waals surface area (Å²) in [5.74, 6) is 0.156. The molecule has 4 heteroatoms. The van der Waals surface area contributed by atoms with Gasteiger partial charge in [-0.25, -0.2) is 0 Å². The van der Waals surface area contributed by atoms with Gasteiger partial charge in [0.05, 0.1) is 0 Å². The highest BCUT2D eigenvalue weighted by Crippen LogP contribution is 2.39. The van der Waals surface area contributed by atoms with E-state index in [9.17, 15) is 10.2 Å². The molecule has 0 spiro atoms. The molecule has 0 radical (unpaired) electrons. The topological polar surface area (TPSA) is 65.7 Å². The van der Waals surface area contributed by atoms with Gasteiger partial charge in [0.1, 0.15) is 17.2 Å². The van der Waals surface area contributed by atoms with Crippen LogP contribution in [0.1, 0.15) is 5.56 Å². The van der Waals surface area contributed by atoms with Gasteiger partial charge in [0.2, 0.25) is 0 Å². The third-order valence-corrected chi connectivity index (χ3v) is 3.03. The van der Waals surface area contributed by atoms with Crippen molar-refractivity contribution in [2.45, 2.75) is 0 Å². The van der Waals surface area contributed by atoms with Crippen molar-refractivity contribution in [2.24, 2.45) is 4.99 Å². The predicted molar refractivity (Wildman–Crippen MR) is 78.8 cm³/mol. The number of rotatable bonds is 2. The molecule has 3 rings (SSSR count). The molecule has 0 aliphatic rings. The van der Waals surface area contributed by atoms with Gasteiger partial charge in [0, 0.05) is 35.4 Å². The number of phenolic OH excluding ortho intramolecular Hbond substituents is 2. The summed E-state index contributed by atoms with van der Waals surface area (Å²) in [5.41, 5.74) is 1.20. The van der Waals surface area contributed by atoms with Crippen LogP contribution < -0.4 is 0 Å². The van der Waals surface area contributed by atoms with E-state index in [2.05, 4.69) is 9.98 Å². The summed E-state index contributed by atoms with van der Waals surface area (Å²) in [7, 11) is 0. The van der Waals surface area contributed by atoms with E-state index in [0.29, 0.717) is 16.5 Å². The fourth-order valence-electron chi connectivity index (χ4n) is 2.02. The number of fused-ring (bicyclic) bond motifs is 1. The van der Waals surface area contributed by atoms with Gasteiger partial charge >= 0.3 is 0 Å². The van der Waals surface area contributed by atoms with Crippen molar-refractivity contribution in [3.8, 4) is 11.5 Å². The molecule has 0 saturated heterocycles. The minimum atomic E-state index is 0.0590. The Hall–Kier alpha value is -2.88. The maximum absolute atomic E-state index is 10.2. The largest absolute Gasteiger partial charge is 0.507 e. The molecular weight excluding hydrogens is 252 g/mol. The quantitative estimate of drug-likeness (QED) is 0.550. The van der Waals surface area contributed by atoms with Gasteiger partial charge in [-0.2, -0.15) is 0 Å². The Bertz CT molecular complexity index is 783. The summed E-state index contributed by atoms with van der Waals surface area (Å²) in [4.78, 5) is 8.15. The third kappa shape index (κ3) is 2.19. The maximum Gasteiger partial charge on any atom is 0.149 e. The SMILES string of the molecule is Oc1cc(N=Cc2ccncc2)c(O)c2ccccc12. The Kier molecular flexibility index (Phi) is 3.05. The van der Waals surface area contributed by atoms with Crippen LogP contribution in [0.5, 0.6) is 11.5 Å². The van der Waals surface area contributed by atoms with Gasteiger partial charge in [0.25, 0.3) is 0 Å². The molecule has 0 fully saturated rings. The molecule has 3 aromatic rings. The van der Waals surface area contributed by atoms with E-state index >= 15 is 0 Å². The minimum absolute atomic E-state index is 0.0590. The lowest BCUT2D eigenvalue weighted by atomic mass is 10.1. The molecule has 4 nitrogen and oxygen atoms in total. The highest BCUT2D eigenvalue weighted by molar-refractivity contribution is 5.97. The highest BCUT2D eigenvalue weighted by atomic mass is 16.3. The van der Waals surface area contributed by atoms with E-state index in [0.717, 1.165) is 5.56 Å². The fourth-order valence-corrected chi connectivity index (χ4v) is 2.02. The van der Waals surface area contributed by atoms with Crippen LogP contribution in [0.15, 0.2) is 59.9 Å². The second-order valence-corrected chi connectivity index (χ2v) is 4.35. The van der Waals surface area contributed by atoms with E-state index in [4.69, 9.17) is 0 Å². The molecule has 0 unspecified atom stereocenters. The number of phenols is 2. The molecule has 0 bridgehead atoms. The van der Waals surface area contributed by atoms with Gasteiger partial charge in [-0.05, 0) is 17.7 Å². The first-order valence-corrected chi connectivity index (χ1v) is 6.13. The maximum atomic E-state index is 10.2. The van der Waals surface area contributed by atoms with Crippen LogP contribution in [0, 0.1) is 0 Å². The Labute approximate surface area is 115 Å². The standard InChI is InChI=1S/C16H12N2O2/c19-15-9-14(18-10-11-5-7-17-8-6-11)16(20)13-4-2-1-3-12(13)15/h1-10,19-20H. The van der Waals surface area contributed by atoms with E-state index in [1.54, 1.807) is 55.0 Å². The van der Waals surface area contributed by atoms with Gasteiger partial charge in [0.15, 0.2) is 0 Å². The zero-order chi connectivity index (χ0) is 13.9. The van der Waals surface area contributed by atoms with Crippen LogP contribution in [-0.4, -0.2) is 21.4 Å². The van der Waals surface area contributed by atoms with Crippen molar-refractivity contribution in [3.63, 3.8) is 0 Å². The van der Waals surface area contributed by atoms with Crippen molar-refractivity contribution >= 4 is 22.7 Å². The van der Waals surface area contributed by atoms with E-state index in [1.165, 1.54) is 6.07 Å². The average Bonchev–Trinajstić information content (AvgIpc) is 2.50. The normalized spacial score (nSPS) is 11.2. The highest BCUT2D eigenvalue weighted by Gasteiger charge is 2.09. The third-order valence-electron chi connectivity index (χ3n) is 3.03. The molecule has 0 saturated carbocycles. The van der Waals surface area contributed by atoms with Crippen molar-refractivity contribution in [1.82, 2.24) is 4.98 Å². The van der Waals surface area contributed by atoms with Crippen molar-refractivity contribution in [1.29, 1.82) is 0 Å². The lowest BCUT2D eigenvalue weighted by Gasteiger charge is -2.06. The van der Waals surface area contributed by atoms with Crippen LogP contribution in [0.25, 0.3) is 10.8 Å². The molecule has 1 aromatic heterocycles. The minimum Gasteiger partial charge on any atom is -0.507 e. The molecule has 0 aliphatic carbocycles. The summed E-state index contributed by atoms with van der Waals surface area (Å²) in [6, 6.07) is 12.2. The summed E-state index contributed by atoms with van der Waals surface area (Å²) in [5, 5.41) is 21.4. The molecule has 0 aliphatic heterocycles. The van der Waals surface area contributed by atoms with Crippen molar-refractivity contribution < 1.29 is 10.2 Å². The van der Waals surface area contributed by atoms with E-state index < -0.39 is 0 Å². The Morgan fingerprint density at radius 3 is 2.40 bits per heavy atom. The van der Waals surface area contributed by atoms with Crippen LogP contribution in [-0.2, 0) is 0 Å². The number of hydrogen-bond donors (Lipinski definition) is 2. The fraction of sp³-hybridized carbons (Fsp3) is 0. The number of aromatic hydroxyl groups is 2. The smallest absolute Gasteiger partial charge is 0.149 e. The molecule has 1 heterocycles. The number of hydrogen-bond acceptors (Lipinski definition) is 4. The predicted octanol–water partition coefficient (Wildman–Crippen LogP) is 3.40. The van der Waals surface area contributed by atoms with Gasteiger partial charge in [-0.3, -0.25) is 9.98 Å². The molecule has 2 N–H and O–H groups in total. The number of benzene rings is 2. The number of aromatic nitrogens is 1. The number of aliphatic imine (C=N–C) groups is 1. The lowest BCUT2D eigenvalue weighted by molar-refractivity contribution is 0.471. The summed E-state index contributed by atoms with van der Waals surface area (Å²) in [6.07, 6.45) is 4.95. The molecule has 2 aromatic carbocycles. The first-order valence-electron chi connectivity index (χ1n) is 6.13. The van der Waals surface area contributed by atoms with Gasteiger partial charge in [-0.1, -0.05) is 24.3 Å². The zero-order valence-electron chi connectivity index (χ0n) is 10.6. The van der Waals surface area contributed by atoms with Crippen LogP contribution in [0.2, 0.25) is 0 Å². The molecule has 20 heavy (non-hydrogen) atoms. The van der Waals surface area contributed by atoms with Gasteiger partial charge in [-0.15, -0.1) is 0 Å². The summed E-state index contributed by atoms with van der Waals surface area (Å²) >= 11 is 0. The van der Waals surface area contributed by atoms with Crippen molar-refractivity contribution in [2.75, 3.05) is 0 Å². The molecular formula is C16H12N2O2. The Balaban J connectivity index is 2.09. The van der Waals surface area contributed by atoms with E-state index in [1.807, 2.05) is 0 Å². The molecule has 0 amide bonds.